The molecule has 2 nitrogen and oxygen atoms in total. The van der Waals surface area contributed by atoms with Gasteiger partial charge in [-0.3, -0.25) is 4.98 Å². The smallest absolute Gasteiger partial charge is 0.0721 e. The van der Waals surface area contributed by atoms with Gasteiger partial charge in [0.2, 0.25) is 0 Å². The molecule has 0 aliphatic rings. The first-order valence-corrected chi connectivity index (χ1v) is 5.32. The second-order valence-corrected chi connectivity index (χ2v) is 4.21. The highest BCUT2D eigenvalue weighted by Gasteiger charge is 2.05. The molecule has 0 atom stereocenters. The van der Waals surface area contributed by atoms with Crippen molar-refractivity contribution in [2.24, 2.45) is 5.73 Å². The topological polar surface area (TPSA) is 38.9 Å². The van der Waals surface area contributed by atoms with Gasteiger partial charge in [-0.25, -0.2) is 0 Å². The van der Waals surface area contributed by atoms with Crippen molar-refractivity contribution in [1.29, 1.82) is 0 Å². The lowest BCUT2D eigenvalue weighted by Crippen LogP contribution is -2.01. The normalized spacial score (nSPS) is 10.9. The predicted molar refractivity (Wildman–Crippen MR) is 64.4 cm³/mol. The van der Waals surface area contributed by atoms with Crippen LogP contribution in [0.3, 0.4) is 0 Å². The van der Waals surface area contributed by atoms with Crippen LogP contribution >= 0.6 is 23.2 Å². The lowest BCUT2D eigenvalue weighted by atomic mass is 10.1. The predicted octanol–water partition coefficient (Wildman–Crippen LogP) is 3.31. The summed E-state index contributed by atoms with van der Waals surface area (Å²) in [5, 5.41) is 2.03. The van der Waals surface area contributed by atoms with Gasteiger partial charge >= 0.3 is 0 Å². The number of nitrogens with two attached hydrogens (primary N) is 1. The van der Waals surface area contributed by atoms with Crippen LogP contribution < -0.4 is 5.73 Å². The molecule has 4 heteroatoms. The van der Waals surface area contributed by atoms with E-state index in [0.29, 0.717) is 16.6 Å². The molecule has 0 fully saturated rings. The number of fused-ring (bicyclic) bond motifs is 1. The zero-order valence-electron chi connectivity index (χ0n) is 8.22. The van der Waals surface area contributed by atoms with Gasteiger partial charge in [0, 0.05) is 17.6 Å². The van der Waals surface area contributed by atoms with Crippen molar-refractivity contribution >= 4 is 34.1 Å². The number of benzene rings is 1. The first-order valence-electron chi connectivity index (χ1n) is 4.57. The maximum absolute atomic E-state index is 5.93. The molecular weight excluding hydrogens is 231 g/mol. The van der Waals surface area contributed by atoms with Crippen molar-refractivity contribution in [3.8, 4) is 0 Å². The Balaban J connectivity index is 2.76. The van der Waals surface area contributed by atoms with Crippen molar-refractivity contribution in [3.05, 3.63) is 39.5 Å². The average molecular weight is 241 g/mol. The van der Waals surface area contributed by atoms with Crippen LogP contribution in [0, 0.1) is 6.92 Å². The maximum Gasteiger partial charge on any atom is 0.0721 e. The Morgan fingerprint density at radius 2 is 1.87 bits per heavy atom. The molecule has 0 aliphatic carbocycles. The van der Waals surface area contributed by atoms with Gasteiger partial charge in [-0.2, -0.15) is 0 Å². The van der Waals surface area contributed by atoms with E-state index in [-0.39, 0.29) is 0 Å². The highest BCUT2D eigenvalue weighted by molar-refractivity contribution is 6.42. The number of aryl methyl sites for hydroxylation is 1. The third kappa shape index (κ3) is 1.93. The van der Waals surface area contributed by atoms with Crippen LogP contribution in [-0.4, -0.2) is 4.98 Å². The first-order chi connectivity index (χ1) is 7.11. The molecule has 0 radical (unpaired) electrons. The van der Waals surface area contributed by atoms with E-state index in [2.05, 4.69) is 4.98 Å². The lowest BCUT2D eigenvalue weighted by molar-refractivity contribution is 1.02. The summed E-state index contributed by atoms with van der Waals surface area (Å²) in [6.45, 7) is 2.42. The Labute approximate surface area is 98.0 Å². The molecule has 15 heavy (non-hydrogen) atoms. The van der Waals surface area contributed by atoms with Crippen LogP contribution in [0.5, 0.6) is 0 Å². The first kappa shape index (κ1) is 10.7. The highest BCUT2D eigenvalue weighted by Crippen LogP contribution is 2.27. The molecule has 0 bridgehead atoms. The molecule has 1 heterocycles. The van der Waals surface area contributed by atoms with Gasteiger partial charge in [0.05, 0.1) is 15.6 Å². The van der Waals surface area contributed by atoms with E-state index in [9.17, 15) is 0 Å². The van der Waals surface area contributed by atoms with Crippen LogP contribution in [0.1, 0.15) is 11.3 Å². The van der Waals surface area contributed by atoms with Crippen molar-refractivity contribution in [2.75, 3.05) is 0 Å². The number of rotatable bonds is 1. The Morgan fingerprint density at radius 1 is 1.20 bits per heavy atom. The summed E-state index contributed by atoms with van der Waals surface area (Å²) in [5.74, 6) is 0. The summed E-state index contributed by atoms with van der Waals surface area (Å²) >= 11 is 11.8. The Kier molecular flexibility index (Phi) is 2.83. The second kappa shape index (κ2) is 3.97. The number of halogens is 2. The van der Waals surface area contributed by atoms with Gasteiger partial charge < -0.3 is 5.73 Å². The number of hydrogen-bond donors (Lipinski definition) is 1. The fraction of sp³-hybridized carbons (Fsp3) is 0.182. The van der Waals surface area contributed by atoms with Gasteiger partial charge in [0.25, 0.3) is 0 Å². The van der Waals surface area contributed by atoms with E-state index in [4.69, 9.17) is 28.9 Å². The lowest BCUT2D eigenvalue weighted by Gasteiger charge is -2.06. The van der Waals surface area contributed by atoms with E-state index in [1.54, 1.807) is 6.07 Å². The third-order valence-electron chi connectivity index (χ3n) is 2.37. The van der Waals surface area contributed by atoms with Gasteiger partial charge in [-0.15, -0.1) is 0 Å². The molecule has 2 aromatic rings. The van der Waals surface area contributed by atoms with Gasteiger partial charge in [0.15, 0.2) is 0 Å². The summed E-state index contributed by atoms with van der Waals surface area (Å²) in [5.41, 5.74) is 8.42. The number of pyridine rings is 1. The SMILES string of the molecule is Cc1nc2cc(Cl)c(Cl)cc2cc1CN. The van der Waals surface area contributed by atoms with E-state index < -0.39 is 0 Å². The Bertz CT molecular complexity index is 523. The highest BCUT2D eigenvalue weighted by atomic mass is 35.5. The second-order valence-electron chi connectivity index (χ2n) is 3.40. The molecule has 0 spiro atoms. The monoisotopic (exact) mass is 240 g/mol. The minimum atomic E-state index is 0.481. The quantitative estimate of drug-likeness (QED) is 0.831. The number of nitrogens with zero attached hydrogens (tertiary/aromatic N) is 1. The maximum atomic E-state index is 5.93. The zero-order chi connectivity index (χ0) is 11.0. The van der Waals surface area contributed by atoms with E-state index >= 15 is 0 Å². The minimum Gasteiger partial charge on any atom is -0.326 e. The van der Waals surface area contributed by atoms with E-state index in [0.717, 1.165) is 22.2 Å². The zero-order valence-corrected chi connectivity index (χ0v) is 9.73. The molecule has 1 aromatic carbocycles. The van der Waals surface area contributed by atoms with E-state index in [1.165, 1.54) is 0 Å². The fourth-order valence-electron chi connectivity index (χ4n) is 1.52. The van der Waals surface area contributed by atoms with Crippen molar-refractivity contribution in [2.45, 2.75) is 13.5 Å². The molecule has 0 saturated carbocycles. The van der Waals surface area contributed by atoms with Gasteiger partial charge in [-0.05, 0) is 30.7 Å². The van der Waals surface area contributed by atoms with Crippen LogP contribution in [0.4, 0.5) is 0 Å². The summed E-state index contributed by atoms with van der Waals surface area (Å²) in [4.78, 5) is 4.43. The average Bonchev–Trinajstić information content (AvgIpc) is 2.20. The van der Waals surface area contributed by atoms with Crippen molar-refractivity contribution in [3.63, 3.8) is 0 Å². The van der Waals surface area contributed by atoms with Crippen molar-refractivity contribution < 1.29 is 0 Å². The van der Waals surface area contributed by atoms with Crippen LogP contribution in [0.2, 0.25) is 10.0 Å². The molecule has 0 aliphatic heterocycles. The van der Waals surface area contributed by atoms with Gasteiger partial charge in [0.1, 0.15) is 0 Å². The molecule has 78 valence electrons. The summed E-state index contributed by atoms with van der Waals surface area (Å²) in [6.07, 6.45) is 0. The molecule has 0 saturated heterocycles. The summed E-state index contributed by atoms with van der Waals surface area (Å²) in [6, 6.07) is 5.58. The molecule has 0 unspecified atom stereocenters. The molecule has 1 aromatic heterocycles. The number of aromatic nitrogens is 1. The Morgan fingerprint density at radius 3 is 2.53 bits per heavy atom. The molecule has 2 N–H and O–H groups in total. The van der Waals surface area contributed by atoms with Crippen LogP contribution in [0.25, 0.3) is 10.9 Å². The molecule has 0 amide bonds. The van der Waals surface area contributed by atoms with Gasteiger partial charge in [-0.1, -0.05) is 23.2 Å². The van der Waals surface area contributed by atoms with Crippen LogP contribution in [0.15, 0.2) is 18.2 Å². The Hall–Kier alpha value is -0.830. The minimum absolute atomic E-state index is 0.481. The largest absolute Gasteiger partial charge is 0.326 e. The molecular formula is C11H10Cl2N2. The number of hydrogen-bond acceptors (Lipinski definition) is 2. The summed E-state index contributed by atoms with van der Waals surface area (Å²) < 4.78 is 0. The fourth-order valence-corrected chi connectivity index (χ4v) is 1.85. The van der Waals surface area contributed by atoms with Crippen LogP contribution in [-0.2, 0) is 6.54 Å². The van der Waals surface area contributed by atoms with E-state index in [1.807, 2.05) is 19.1 Å². The van der Waals surface area contributed by atoms with Crippen molar-refractivity contribution in [1.82, 2.24) is 4.98 Å². The summed E-state index contributed by atoms with van der Waals surface area (Å²) in [7, 11) is 0. The third-order valence-corrected chi connectivity index (χ3v) is 3.09. The standard InChI is InChI=1S/C11H10Cl2N2/c1-6-8(5-14)2-7-3-9(12)10(13)4-11(7)15-6/h2-4H,5,14H2,1H3. The molecule has 2 rings (SSSR count).